The third-order valence-corrected chi connectivity index (χ3v) is 6.31. The first-order chi connectivity index (χ1) is 15.6. The molecule has 0 saturated carbocycles. The number of nitrogens with two attached hydrogens (primary N) is 1. The Hall–Kier alpha value is -3.02. The Morgan fingerprint density at radius 3 is 2.25 bits per heavy atom. The second-order valence-electron chi connectivity index (χ2n) is 8.13. The Kier molecular flexibility index (Phi) is 7.30. The average Bonchev–Trinajstić information content (AvgIpc) is 2.84. The quantitative estimate of drug-likeness (QED) is 0.539. The van der Waals surface area contributed by atoms with Crippen LogP contribution in [0.25, 0.3) is 0 Å². The van der Waals surface area contributed by atoms with Crippen LogP contribution in [0.2, 0.25) is 5.02 Å². The first-order valence-corrected chi connectivity index (χ1v) is 11.4. The van der Waals surface area contributed by atoms with Gasteiger partial charge in [-0.2, -0.15) is 0 Å². The van der Waals surface area contributed by atoms with Crippen LogP contribution in [-0.4, -0.2) is 49.6 Å². The van der Waals surface area contributed by atoms with Crippen molar-refractivity contribution >= 4 is 28.9 Å². The van der Waals surface area contributed by atoms with E-state index in [-0.39, 0.29) is 6.04 Å². The molecule has 166 valence electrons. The summed E-state index contributed by atoms with van der Waals surface area (Å²) < 4.78 is 0. The topological polar surface area (TPSA) is 61.6 Å². The van der Waals surface area contributed by atoms with Crippen molar-refractivity contribution in [1.29, 1.82) is 0 Å². The lowest BCUT2D eigenvalue weighted by atomic mass is 10.0. The summed E-state index contributed by atoms with van der Waals surface area (Å²) in [6.07, 6.45) is 0.897. The molecule has 1 saturated heterocycles. The van der Waals surface area contributed by atoms with Crippen LogP contribution in [0.15, 0.2) is 78.9 Å². The summed E-state index contributed by atoms with van der Waals surface area (Å²) in [6.45, 7) is 4.65. The summed E-state index contributed by atoms with van der Waals surface area (Å²) in [4.78, 5) is 16.8. The minimum absolute atomic E-state index is 0.273. The number of hydrogen-bond acceptors (Lipinski definition) is 4. The number of nitrogens with zero attached hydrogens (tertiary/aromatic N) is 2. The molecule has 1 atom stereocenters. The van der Waals surface area contributed by atoms with Crippen LogP contribution in [0.4, 0.5) is 11.4 Å². The van der Waals surface area contributed by atoms with Crippen molar-refractivity contribution in [3.8, 4) is 0 Å². The molecule has 1 amide bonds. The number of halogens is 1. The van der Waals surface area contributed by atoms with Gasteiger partial charge in [0.1, 0.15) is 0 Å². The summed E-state index contributed by atoms with van der Waals surface area (Å²) in [5, 5.41) is 4.23. The molecular weight excluding hydrogens is 420 g/mol. The van der Waals surface area contributed by atoms with Crippen molar-refractivity contribution in [3.63, 3.8) is 0 Å². The lowest BCUT2D eigenvalue weighted by Gasteiger charge is -2.40. The van der Waals surface area contributed by atoms with E-state index in [1.54, 1.807) is 6.07 Å². The summed E-state index contributed by atoms with van der Waals surface area (Å²) >= 11 is 6.09. The maximum absolute atomic E-state index is 11.8. The van der Waals surface area contributed by atoms with E-state index >= 15 is 0 Å². The minimum atomic E-state index is -0.418. The lowest BCUT2D eigenvalue weighted by molar-refractivity contribution is 0.100. The molecule has 1 heterocycles. The van der Waals surface area contributed by atoms with Crippen LogP contribution >= 0.6 is 11.6 Å². The first-order valence-electron chi connectivity index (χ1n) is 11.0. The van der Waals surface area contributed by atoms with Crippen molar-refractivity contribution in [1.82, 2.24) is 4.90 Å². The van der Waals surface area contributed by atoms with Gasteiger partial charge in [0.25, 0.3) is 5.91 Å². The van der Waals surface area contributed by atoms with Crippen LogP contribution < -0.4 is 16.0 Å². The number of hydrogen-bond donors (Lipinski definition) is 2. The second-order valence-corrected chi connectivity index (χ2v) is 8.57. The monoisotopic (exact) mass is 448 g/mol. The number of primary amides is 1. The van der Waals surface area contributed by atoms with E-state index in [1.807, 2.05) is 30.3 Å². The highest BCUT2D eigenvalue weighted by Crippen LogP contribution is 2.20. The molecule has 1 aliphatic heterocycles. The highest BCUT2D eigenvalue weighted by Gasteiger charge is 2.24. The molecular formula is C26H29ClN4O. The molecule has 4 rings (SSSR count). The normalized spacial score (nSPS) is 15.3. The molecule has 0 bridgehead atoms. The second kappa shape index (κ2) is 10.5. The van der Waals surface area contributed by atoms with E-state index in [4.69, 9.17) is 17.3 Å². The number of carbonyl (C=O) groups excluding carboxylic acids is 1. The number of nitrogens with one attached hydrogen (secondary N) is 1. The van der Waals surface area contributed by atoms with Gasteiger partial charge in [-0.05, 0) is 48.4 Å². The van der Waals surface area contributed by atoms with E-state index in [0.29, 0.717) is 5.56 Å². The minimum Gasteiger partial charge on any atom is -0.383 e. The fourth-order valence-corrected chi connectivity index (χ4v) is 4.41. The fourth-order valence-electron chi connectivity index (χ4n) is 4.29. The smallest absolute Gasteiger partial charge is 0.250 e. The third-order valence-electron chi connectivity index (χ3n) is 6.06. The Labute approximate surface area is 194 Å². The van der Waals surface area contributed by atoms with Crippen LogP contribution in [0.3, 0.4) is 0 Å². The molecule has 3 N–H and O–H groups in total. The van der Waals surface area contributed by atoms with Crippen molar-refractivity contribution in [2.75, 3.05) is 42.9 Å². The zero-order chi connectivity index (χ0) is 22.3. The van der Waals surface area contributed by atoms with Gasteiger partial charge in [0, 0.05) is 55.2 Å². The molecule has 0 radical (unpaired) electrons. The van der Waals surface area contributed by atoms with Crippen molar-refractivity contribution in [2.24, 2.45) is 5.73 Å². The van der Waals surface area contributed by atoms with E-state index in [2.05, 4.69) is 57.6 Å². The summed E-state index contributed by atoms with van der Waals surface area (Å²) in [5.74, 6) is -0.418. The van der Waals surface area contributed by atoms with Gasteiger partial charge in [0.2, 0.25) is 0 Å². The highest BCUT2D eigenvalue weighted by molar-refractivity contribution is 6.30. The van der Waals surface area contributed by atoms with E-state index in [1.165, 1.54) is 11.3 Å². The zero-order valence-electron chi connectivity index (χ0n) is 18.1. The molecule has 6 heteroatoms. The van der Waals surface area contributed by atoms with Crippen molar-refractivity contribution < 1.29 is 4.79 Å². The molecule has 1 fully saturated rings. The predicted octanol–water partition coefficient (Wildman–Crippen LogP) is 4.28. The van der Waals surface area contributed by atoms with Crippen molar-refractivity contribution in [2.45, 2.75) is 12.5 Å². The Balaban J connectivity index is 1.47. The summed E-state index contributed by atoms with van der Waals surface area (Å²) in [6, 6.07) is 26.3. The molecule has 1 aliphatic rings. The first kappa shape index (κ1) is 22.2. The number of rotatable bonds is 8. The standard InChI is InChI=1S/C26H29ClN4O/c27-21-12-10-20(11-13-21)18-23(19-29-25-9-5-4-8-24(25)26(28)32)31-16-14-30(15-17-31)22-6-2-1-3-7-22/h1-13,23,29H,14-19H2,(H2,28,32). The van der Waals surface area contributed by atoms with E-state index in [9.17, 15) is 4.79 Å². The molecule has 0 aromatic heterocycles. The Morgan fingerprint density at radius 2 is 1.56 bits per heavy atom. The number of piperazine rings is 1. The summed E-state index contributed by atoms with van der Waals surface area (Å²) in [7, 11) is 0. The van der Waals surface area contributed by atoms with Gasteiger partial charge in [0.05, 0.1) is 5.56 Å². The number of carbonyl (C=O) groups is 1. The number of benzene rings is 3. The van der Waals surface area contributed by atoms with Gasteiger partial charge >= 0.3 is 0 Å². The van der Waals surface area contributed by atoms with Crippen LogP contribution in [0, 0.1) is 0 Å². The Morgan fingerprint density at radius 1 is 0.906 bits per heavy atom. The van der Waals surface area contributed by atoms with Crippen LogP contribution in [0.5, 0.6) is 0 Å². The Bertz CT molecular complexity index is 1020. The number of para-hydroxylation sites is 2. The molecule has 5 nitrogen and oxygen atoms in total. The zero-order valence-corrected chi connectivity index (χ0v) is 18.8. The fraction of sp³-hybridized carbons (Fsp3) is 0.269. The SMILES string of the molecule is NC(=O)c1ccccc1NCC(Cc1ccc(Cl)cc1)N1CCN(c2ccccc2)CC1. The maximum atomic E-state index is 11.8. The largest absolute Gasteiger partial charge is 0.383 e. The van der Waals surface area contributed by atoms with E-state index < -0.39 is 5.91 Å². The van der Waals surface area contributed by atoms with Gasteiger partial charge in [-0.3, -0.25) is 9.69 Å². The predicted molar refractivity (Wildman–Crippen MR) is 133 cm³/mol. The van der Waals surface area contributed by atoms with Crippen molar-refractivity contribution in [3.05, 3.63) is 95.0 Å². The molecule has 0 spiro atoms. The molecule has 0 aliphatic carbocycles. The van der Waals surface area contributed by atoms with E-state index in [0.717, 1.165) is 49.9 Å². The lowest BCUT2D eigenvalue weighted by Crippen LogP contribution is -2.53. The highest BCUT2D eigenvalue weighted by atomic mass is 35.5. The van der Waals surface area contributed by atoms with Gasteiger partial charge in [-0.15, -0.1) is 0 Å². The molecule has 1 unspecified atom stereocenters. The van der Waals surface area contributed by atoms with Crippen LogP contribution in [0.1, 0.15) is 15.9 Å². The maximum Gasteiger partial charge on any atom is 0.250 e. The van der Waals surface area contributed by atoms with Gasteiger partial charge in [0.15, 0.2) is 0 Å². The van der Waals surface area contributed by atoms with Gasteiger partial charge < -0.3 is 16.0 Å². The number of anilines is 2. The molecule has 3 aromatic carbocycles. The van der Waals surface area contributed by atoms with Gasteiger partial charge in [-0.1, -0.05) is 54.1 Å². The molecule has 3 aromatic rings. The number of amides is 1. The third kappa shape index (κ3) is 5.61. The van der Waals surface area contributed by atoms with Crippen LogP contribution in [-0.2, 0) is 6.42 Å². The van der Waals surface area contributed by atoms with Gasteiger partial charge in [-0.25, -0.2) is 0 Å². The molecule has 32 heavy (non-hydrogen) atoms. The average molecular weight is 449 g/mol. The summed E-state index contributed by atoms with van der Waals surface area (Å²) in [5.41, 5.74) is 9.38.